The summed E-state index contributed by atoms with van der Waals surface area (Å²) in [5, 5.41) is 11.9. The third kappa shape index (κ3) is 5.45. The predicted octanol–water partition coefficient (Wildman–Crippen LogP) is 3.12. The van der Waals surface area contributed by atoms with Crippen LogP contribution < -0.4 is 5.32 Å². The van der Waals surface area contributed by atoms with Crippen molar-refractivity contribution in [2.45, 2.75) is 46.3 Å². The van der Waals surface area contributed by atoms with Crippen LogP contribution >= 0.6 is 0 Å². The SMILES string of the molecule is CC(C)[C@H](NC(=O)OC(C)(C)C)C(=O)c1ccc(O)cc1. The number of hydrogen-bond acceptors (Lipinski definition) is 4. The summed E-state index contributed by atoms with van der Waals surface area (Å²) >= 11 is 0. The fourth-order valence-corrected chi connectivity index (χ4v) is 1.77. The Bertz CT molecular complexity index is 500. The standard InChI is InChI=1S/C16H23NO4/c1-10(2)13(17-15(20)21-16(3,4)5)14(19)11-6-8-12(18)9-7-11/h6-10,13,18H,1-5H3,(H,17,20)/t13-/m0/s1. The Morgan fingerprint density at radius 1 is 1.14 bits per heavy atom. The molecule has 0 heterocycles. The molecule has 0 bridgehead atoms. The molecule has 21 heavy (non-hydrogen) atoms. The molecule has 1 amide bonds. The van der Waals surface area contributed by atoms with Crippen LogP contribution in [0.15, 0.2) is 24.3 Å². The van der Waals surface area contributed by atoms with Crippen molar-refractivity contribution in [3.63, 3.8) is 0 Å². The predicted molar refractivity (Wildman–Crippen MR) is 80.4 cm³/mol. The van der Waals surface area contributed by atoms with Crippen LogP contribution in [0.1, 0.15) is 45.0 Å². The summed E-state index contributed by atoms with van der Waals surface area (Å²) < 4.78 is 5.18. The summed E-state index contributed by atoms with van der Waals surface area (Å²) in [5.41, 5.74) is -0.185. The van der Waals surface area contributed by atoms with Crippen LogP contribution in [0.5, 0.6) is 5.75 Å². The number of hydrogen-bond donors (Lipinski definition) is 2. The summed E-state index contributed by atoms with van der Waals surface area (Å²) in [4.78, 5) is 24.3. The van der Waals surface area contributed by atoms with E-state index in [-0.39, 0.29) is 17.5 Å². The highest BCUT2D eigenvalue weighted by molar-refractivity contribution is 6.01. The molecule has 0 unspecified atom stereocenters. The number of phenols is 1. The number of carbonyl (C=O) groups excluding carboxylic acids is 2. The van der Waals surface area contributed by atoms with Crippen LogP contribution in [-0.4, -0.2) is 28.6 Å². The molecule has 0 aromatic heterocycles. The number of amides is 1. The maximum Gasteiger partial charge on any atom is 0.408 e. The molecule has 1 rings (SSSR count). The fraction of sp³-hybridized carbons (Fsp3) is 0.500. The molecular formula is C16H23NO4. The average Bonchev–Trinajstić information content (AvgIpc) is 2.33. The number of nitrogens with one attached hydrogen (secondary N) is 1. The molecule has 1 aromatic carbocycles. The minimum absolute atomic E-state index is 0.0844. The molecule has 0 saturated carbocycles. The number of carbonyl (C=O) groups is 2. The molecule has 1 aromatic rings. The van der Waals surface area contributed by atoms with Crippen molar-refractivity contribution in [2.24, 2.45) is 5.92 Å². The second-order valence-electron chi connectivity index (χ2n) is 6.28. The average molecular weight is 293 g/mol. The molecule has 0 radical (unpaired) electrons. The first-order valence-corrected chi connectivity index (χ1v) is 6.93. The van der Waals surface area contributed by atoms with Gasteiger partial charge in [-0.15, -0.1) is 0 Å². The van der Waals surface area contributed by atoms with Gasteiger partial charge in [0.1, 0.15) is 11.4 Å². The van der Waals surface area contributed by atoms with E-state index in [0.717, 1.165) is 0 Å². The van der Waals surface area contributed by atoms with Gasteiger partial charge in [-0.25, -0.2) is 4.79 Å². The second-order valence-corrected chi connectivity index (χ2v) is 6.28. The number of benzene rings is 1. The molecule has 0 saturated heterocycles. The van der Waals surface area contributed by atoms with Crippen molar-refractivity contribution >= 4 is 11.9 Å². The Balaban J connectivity index is 2.84. The van der Waals surface area contributed by atoms with E-state index in [0.29, 0.717) is 5.56 Å². The zero-order valence-electron chi connectivity index (χ0n) is 13.1. The molecule has 0 aliphatic rings. The molecule has 0 fully saturated rings. The number of ketones is 1. The third-order valence-electron chi connectivity index (χ3n) is 2.77. The van der Waals surface area contributed by atoms with Gasteiger partial charge < -0.3 is 15.2 Å². The summed E-state index contributed by atoms with van der Waals surface area (Å²) in [5.74, 6) is -0.206. The summed E-state index contributed by atoms with van der Waals surface area (Å²) in [6, 6.07) is 5.27. The van der Waals surface area contributed by atoms with Crippen LogP contribution in [0.3, 0.4) is 0 Å². The van der Waals surface area contributed by atoms with Crippen molar-refractivity contribution < 1.29 is 19.4 Å². The molecule has 1 atom stereocenters. The molecule has 5 heteroatoms. The van der Waals surface area contributed by atoms with E-state index >= 15 is 0 Å². The number of alkyl carbamates (subject to hydrolysis) is 1. The minimum atomic E-state index is -0.676. The first-order valence-electron chi connectivity index (χ1n) is 6.93. The Morgan fingerprint density at radius 2 is 1.67 bits per heavy atom. The highest BCUT2D eigenvalue weighted by Gasteiger charge is 2.27. The minimum Gasteiger partial charge on any atom is -0.508 e. The van der Waals surface area contributed by atoms with Gasteiger partial charge in [0, 0.05) is 5.56 Å². The topological polar surface area (TPSA) is 75.6 Å². The van der Waals surface area contributed by atoms with Gasteiger partial charge in [0.05, 0.1) is 6.04 Å². The largest absolute Gasteiger partial charge is 0.508 e. The van der Waals surface area contributed by atoms with E-state index in [4.69, 9.17) is 4.74 Å². The molecule has 0 spiro atoms. The monoisotopic (exact) mass is 293 g/mol. The maximum atomic E-state index is 12.4. The quantitative estimate of drug-likeness (QED) is 0.836. The van der Waals surface area contributed by atoms with E-state index < -0.39 is 17.7 Å². The van der Waals surface area contributed by atoms with E-state index in [1.807, 2.05) is 13.8 Å². The van der Waals surface area contributed by atoms with Gasteiger partial charge >= 0.3 is 6.09 Å². The van der Waals surface area contributed by atoms with Gasteiger partial charge in [-0.05, 0) is 51.0 Å². The van der Waals surface area contributed by atoms with Crippen molar-refractivity contribution in [2.75, 3.05) is 0 Å². The maximum absolute atomic E-state index is 12.4. The molecule has 0 aliphatic heterocycles. The van der Waals surface area contributed by atoms with Gasteiger partial charge in [-0.3, -0.25) is 4.79 Å². The zero-order chi connectivity index (χ0) is 16.2. The second kappa shape index (κ2) is 6.61. The highest BCUT2D eigenvalue weighted by Crippen LogP contribution is 2.15. The van der Waals surface area contributed by atoms with Crippen LogP contribution in [-0.2, 0) is 4.74 Å². The van der Waals surface area contributed by atoms with E-state index in [1.165, 1.54) is 24.3 Å². The summed E-state index contributed by atoms with van der Waals surface area (Å²) in [7, 11) is 0. The third-order valence-corrected chi connectivity index (χ3v) is 2.77. The van der Waals surface area contributed by atoms with Gasteiger partial charge in [-0.1, -0.05) is 13.8 Å². The van der Waals surface area contributed by atoms with E-state index in [1.54, 1.807) is 20.8 Å². The van der Waals surface area contributed by atoms with Gasteiger partial charge in [0.2, 0.25) is 0 Å². The van der Waals surface area contributed by atoms with Crippen molar-refractivity contribution in [3.8, 4) is 5.75 Å². The van der Waals surface area contributed by atoms with Gasteiger partial charge in [0.25, 0.3) is 0 Å². The molecule has 116 valence electrons. The fourth-order valence-electron chi connectivity index (χ4n) is 1.77. The van der Waals surface area contributed by atoms with Crippen molar-refractivity contribution in [1.29, 1.82) is 0 Å². The molecular weight excluding hydrogens is 270 g/mol. The Morgan fingerprint density at radius 3 is 2.10 bits per heavy atom. The van der Waals surface area contributed by atoms with Gasteiger partial charge in [-0.2, -0.15) is 0 Å². The van der Waals surface area contributed by atoms with Crippen LogP contribution in [0.2, 0.25) is 0 Å². The Hall–Kier alpha value is -2.04. The zero-order valence-corrected chi connectivity index (χ0v) is 13.1. The lowest BCUT2D eigenvalue weighted by molar-refractivity contribution is 0.0475. The number of phenolic OH excluding ortho intramolecular Hbond substituents is 1. The van der Waals surface area contributed by atoms with E-state index in [9.17, 15) is 14.7 Å². The van der Waals surface area contributed by atoms with Crippen molar-refractivity contribution in [1.82, 2.24) is 5.32 Å². The first kappa shape index (κ1) is 17.0. The Labute approximate surface area is 125 Å². The number of Topliss-reactive ketones (excluding diaryl/α,β-unsaturated/α-hetero) is 1. The Kier molecular flexibility index (Phi) is 5.35. The first-order chi connectivity index (χ1) is 9.60. The lowest BCUT2D eigenvalue weighted by atomic mass is 9.95. The molecule has 5 nitrogen and oxygen atoms in total. The molecule has 0 aliphatic carbocycles. The van der Waals surface area contributed by atoms with Crippen LogP contribution in [0.25, 0.3) is 0 Å². The van der Waals surface area contributed by atoms with Crippen LogP contribution in [0, 0.1) is 5.92 Å². The summed E-state index contributed by atoms with van der Waals surface area (Å²) in [6.07, 6.45) is -0.617. The number of rotatable bonds is 4. The van der Waals surface area contributed by atoms with E-state index in [2.05, 4.69) is 5.32 Å². The normalized spacial score (nSPS) is 12.9. The summed E-state index contributed by atoms with van der Waals surface area (Å²) in [6.45, 7) is 8.98. The lowest BCUT2D eigenvalue weighted by Crippen LogP contribution is -2.46. The lowest BCUT2D eigenvalue weighted by Gasteiger charge is -2.25. The van der Waals surface area contributed by atoms with Crippen LogP contribution in [0.4, 0.5) is 4.79 Å². The van der Waals surface area contributed by atoms with Crippen molar-refractivity contribution in [3.05, 3.63) is 29.8 Å². The molecule has 2 N–H and O–H groups in total. The highest BCUT2D eigenvalue weighted by atomic mass is 16.6. The smallest absolute Gasteiger partial charge is 0.408 e. The number of aromatic hydroxyl groups is 1. The number of ether oxygens (including phenoxy) is 1. The van der Waals surface area contributed by atoms with Gasteiger partial charge in [0.15, 0.2) is 5.78 Å².